The monoisotopic (exact) mass is 274 g/mol. The topological polar surface area (TPSA) is 15.3 Å². The van der Waals surface area contributed by atoms with Crippen LogP contribution in [0.15, 0.2) is 24.3 Å². The first kappa shape index (κ1) is 15.5. The minimum Gasteiger partial charge on any atom is -0.316 e. The molecule has 0 saturated heterocycles. The van der Waals surface area contributed by atoms with Crippen molar-refractivity contribution in [3.05, 3.63) is 35.4 Å². The lowest BCUT2D eigenvalue weighted by Gasteiger charge is -2.28. The first-order valence-electron chi connectivity index (χ1n) is 8.25. The summed E-state index contributed by atoms with van der Waals surface area (Å²) < 4.78 is 0. The molecule has 2 nitrogen and oxygen atoms in total. The number of rotatable bonds is 8. The van der Waals surface area contributed by atoms with Crippen LogP contribution in [0, 0.1) is 5.92 Å². The Morgan fingerprint density at radius 1 is 1.10 bits per heavy atom. The fraction of sp³-hybridized carbons (Fsp3) is 0.667. The number of unbranched alkanes of at least 4 members (excludes halogenated alkanes) is 2. The molecule has 0 atom stereocenters. The van der Waals surface area contributed by atoms with E-state index in [0.717, 1.165) is 19.0 Å². The summed E-state index contributed by atoms with van der Waals surface area (Å²) in [7, 11) is 0. The number of benzene rings is 1. The maximum absolute atomic E-state index is 3.52. The standard InChI is InChI=1S/C18H30N2/c1-16(2)14-19-11-6-3-7-12-20-13-10-17-8-4-5-9-18(17)15-20/h4-5,8-9,16,19H,3,6-7,10-15H2,1-2H3. The fourth-order valence-electron chi connectivity index (χ4n) is 2.90. The van der Waals surface area contributed by atoms with E-state index in [4.69, 9.17) is 0 Å². The highest BCUT2D eigenvalue weighted by atomic mass is 15.1. The van der Waals surface area contributed by atoms with E-state index in [1.165, 1.54) is 50.9 Å². The minimum absolute atomic E-state index is 0.767. The lowest BCUT2D eigenvalue weighted by atomic mass is 10.00. The van der Waals surface area contributed by atoms with E-state index < -0.39 is 0 Å². The molecule has 0 radical (unpaired) electrons. The Bertz CT molecular complexity index is 387. The van der Waals surface area contributed by atoms with E-state index in [1.54, 1.807) is 5.56 Å². The highest BCUT2D eigenvalue weighted by Gasteiger charge is 2.14. The number of hydrogen-bond acceptors (Lipinski definition) is 2. The summed E-state index contributed by atoms with van der Waals surface area (Å²) in [6.45, 7) is 10.5. The third-order valence-corrected chi connectivity index (χ3v) is 4.09. The molecule has 0 amide bonds. The zero-order valence-corrected chi connectivity index (χ0v) is 13.2. The molecule has 2 rings (SSSR count). The molecule has 1 aromatic carbocycles. The second-order valence-corrected chi connectivity index (χ2v) is 6.45. The van der Waals surface area contributed by atoms with Crippen LogP contribution in [0.1, 0.15) is 44.2 Å². The summed E-state index contributed by atoms with van der Waals surface area (Å²) in [6, 6.07) is 8.91. The van der Waals surface area contributed by atoms with Gasteiger partial charge in [0.1, 0.15) is 0 Å². The quantitative estimate of drug-likeness (QED) is 0.730. The molecule has 1 aromatic rings. The van der Waals surface area contributed by atoms with Gasteiger partial charge in [-0.15, -0.1) is 0 Å². The summed E-state index contributed by atoms with van der Waals surface area (Å²) in [5.74, 6) is 0.767. The highest BCUT2D eigenvalue weighted by molar-refractivity contribution is 5.28. The summed E-state index contributed by atoms with van der Waals surface area (Å²) in [6.07, 6.45) is 5.23. The lowest BCUT2D eigenvalue weighted by molar-refractivity contribution is 0.248. The second kappa shape index (κ2) is 8.43. The van der Waals surface area contributed by atoms with E-state index in [9.17, 15) is 0 Å². The summed E-state index contributed by atoms with van der Waals surface area (Å²) in [5, 5.41) is 3.52. The molecule has 1 aliphatic rings. The van der Waals surface area contributed by atoms with Crippen molar-refractivity contribution < 1.29 is 0 Å². The van der Waals surface area contributed by atoms with Crippen LogP contribution in [0.25, 0.3) is 0 Å². The molecule has 1 N–H and O–H groups in total. The molecular weight excluding hydrogens is 244 g/mol. The molecule has 0 fully saturated rings. The third-order valence-electron chi connectivity index (χ3n) is 4.09. The number of nitrogens with one attached hydrogen (secondary N) is 1. The lowest BCUT2D eigenvalue weighted by Crippen LogP contribution is -2.31. The fourth-order valence-corrected chi connectivity index (χ4v) is 2.90. The van der Waals surface area contributed by atoms with Crippen molar-refractivity contribution in [3.8, 4) is 0 Å². The van der Waals surface area contributed by atoms with Crippen LogP contribution in [0.5, 0.6) is 0 Å². The number of hydrogen-bond donors (Lipinski definition) is 1. The molecule has 0 bridgehead atoms. The molecule has 0 saturated carbocycles. The van der Waals surface area contributed by atoms with Gasteiger partial charge in [-0.2, -0.15) is 0 Å². The van der Waals surface area contributed by atoms with Crippen LogP contribution in [-0.2, 0) is 13.0 Å². The Morgan fingerprint density at radius 2 is 1.90 bits per heavy atom. The van der Waals surface area contributed by atoms with E-state index in [-0.39, 0.29) is 0 Å². The number of fused-ring (bicyclic) bond motifs is 1. The van der Waals surface area contributed by atoms with Crippen molar-refractivity contribution in [3.63, 3.8) is 0 Å². The van der Waals surface area contributed by atoms with E-state index in [0.29, 0.717) is 0 Å². The molecular formula is C18H30N2. The second-order valence-electron chi connectivity index (χ2n) is 6.45. The normalized spacial score (nSPS) is 15.6. The van der Waals surface area contributed by atoms with Gasteiger partial charge in [0.05, 0.1) is 0 Å². The van der Waals surface area contributed by atoms with Crippen LogP contribution >= 0.6 is 0 Å². The van der Waals surface area contributed by atoms with Crippen LogP contribution in [0.3, 0.4) is 0 Å². The zero-order valence-electron chi connectivity index (χ0n) is 13.2. The largest absolute Gasteiger partial charge is 0.316 e. The summed E-state index contributed by atoms with van der Waals surface area (Å²) in [4.78, 5) is 2.61. The molecule has 0 unspecified atom stereocenters. The van der Waals surface area contributed by atoms with Gasteiger partial charge in [-0.25, -0.2) is 0 Å². The minimum atomic E-state index is 0.767. The van der Waals surface area contributed by atoms with Gasteiger partial charge < -0.3 is 5.32 Å². The first-order chi connectivity index (χ1) is 9.75. The van der Waals surface area contributed by atoms with Gasteiger partial charge >= 0.3 is 0 Å². The van der Waals surface area contributed by atoms with E-state index in [1.807, 2.05) is 0 Å². The zero-order chi connectivity index (χ0) is 14.2. The molecule has 0 spiro atoms. The Labute approximate surface area is 124 Å². The van der Waals surface area contributed by atoms with Gasteiger partial charge in [-0.3, -0.25) is 4.90 Å². The maximum Gasteiger partial charge on any atom is 0.0236 e. The van der Waals surface area contributed by atoms with Crippen molar-refractivity contribution in [2.75, 3.05) is 26.2 Å². The average molecular weight is 274 g/mol. The average Bonchev–Trinajstić information content (AvgIpc) is 2.46. The molecule has 1 aliphatic heterocycles. The Hall–Kier alpha value is -0.860. The van der Waals surface area contributed by atoms with Gasteiger partial charge in [0.25, 0.3) is 0 Å². The first-order valence-corrected chi connectivity index (χ1v) is 8.25. The molecule has 112 valence electrons. The van der Waals surface area contributed by atoms with E-state index >= 15 is 0 Å². The summed E-state index contributed by atoms with van der Waals surface area (Å²) >= 11 is 0. The van der Waals surface area contributed by atoms with Gasteiger partial charge in [-0.05, 0) is 55.9 Å². The SMILES string of the molecule is CC(C)CNCCCCCN1CCc2ccccc2C1. The Morgan fingerprint density at radius 3 is 2.70 bits per heavy atom. The van der Waals surface area contributed by atoms with Gasteiger partial charge in [-0.1, -0.05) is 44.5 Å². The Kier molecular flexibility index (Phi) is 6.55. The third kappa shape index (κ3) is 5.26. The molecule has 20 heavy (non-hydrogen) atoms. The highest BCUT2D eigenvalue weighted by Crippen LogP contribution is 2.18. The van der Waals surface area contributed by atoms with Crippen LogP contribution in [0.4, 0.5) is 0 Å². The Balaban J connectivity index is 1.55. The van der Waals surface area contributed by atoms with Crippen molar-refractivity contribution in [2.24, 2.45) is 5.92 Å². The molecule has 0 aliphatic carbocycles. The molecule has 0 aromatic heterocycles. The van der Waals surface area contributed by atoms with Crippen molar-refractivity contribution in [1.29, 1.82) is 0 Å². The van der Waals surface area contributed by atoms with Crippen LogP contribution in [0.2, 0.25) is 0 Å². The smallest absolute Gasteiger partial charge is 0.0236 e. The molecule has 2 heteroatoms. The van der Waals surface area contributed by atoms with Gasteiger partial charge in [0.15, 0.2) is 0 Å². The van der Waals surface area contributed by atoms with Crippen molar-refractivity contribution in [1.82, 2.24) is 10.2 Å². The van der Waals surface area contributed by atoms with Crippen molar-refractivity contribution in [2.45, 2.75) is 46.1 Å². The van der Waals surface area contributed by atoms with Gasteiger partial charge in [0.2, 0.25) is 0 Å². The predicted molar refractivity (Wildman–Crippen MR) is 87.0 cm³/mol. The van der Waals surface area contributed by atoms with E-state index in [2.05, 4.69) is 48.3 Å². The number of nitrogens with zero attached hydrogens (tertiary/aromatic N) is 1. The van der Waals surface area contributed by atoms with Crippen molar-refractivity contribution >= 4 is 0 Å². The van der Waals surface area contributed by atoms with Gasteiger partial charge in [0, 0.05) is 13.1 Å². The maximum atomic E-state index is 3.52. The molecule has 1 heterocycles. The van der Waals surface area contributed by atoms with Crippen LogP contribution < -0.4 is 5.32 Å². The van der Waals surface area contributed by atoms with Crippen LogP contribution in [-0.4, -0.2) is 31.1 Å². The predicted octanol–water partition coefficient (Wildman–Crippen LogP) is 3.46. The summed E-state index contributed by atoms with van der Waals surface area (Å²) in [5.41, 5.74) is 3.10.